The maximum atomic E-state index is 13.1. The highest BCUT2D eigenvalue weighted by Gasteiger charge is 2.33. The highest BCUT2D eigenvalue weighted by atomic mass is 19.4. The number of nitrogens with one attached hydrogen (secondary N) is 1. The third-order valence-electron chi connectivity index (χ3n) is 2.95. The maximum absolute atomic E-state index is 13.1. The second-order valence-electron chi connectivity index (χ2n) is 4.48. The van der Waals surface area contributed by atoms with Crippen LogP contribution in [0.3, 0.4) is 0 Å². The largest absolute Gasteiger partial charge is 0.417 e. The first-order valence-corrected chi connectivity index (χ1v) is 6.74. The van der Waals surface area contributed by atoms with Crippen LogP contribution in [-0.2, 0) is 12.6 Å². The summed E-state index contributed by atoms with van der Waals surface area (Å²) in [5.41, 5.74) is -0.333. The first-order valence-electron chi connectivity index (χ1n) is 6.74. The lowest BCUT2D eigenvalue weighted by molar-refractivity contribution is -0.137. The molecule has 0 spiro atoms. The van der Waals surface area contributed by atoms with Crippen molar-refractivity contribution in [2.75, 3.05) is 11.9 Å². The first-order chi connectivity index (χ1) is 9.95. The maximum Gasteiger partial charge on any atom is 0.417 e. The Bertz CT molecular complexity index is 624. The number of rotatable bonds is 4. The summed E-state index contributed by atoms with van der Waals surface area (Å²) in [6, 6.07) is 6.99. The van der Waals surface area contributed by atoms with Crippen LogP contribution in [0.25, 0.3) is 11.3 Å². The van der Waals surface area contributed by atoms with Crippen molar-refractivity contribution in [2.45, 2.75) is 26.4 Å². The predicted octanol–water partition coefficient (Wildman–Crippen LogP) is 4.16. The van der Waals surface area contributed by atoms with Gasteiger partial charge in [-0.1, -0.05) is 25.1 Å². The van der Waals surface area contributed by atoms with E-state index in [1.54, 1.807) is 12.1 Å². The van der Waals surface area contributed by atoms with Gasteiger partial charge in [-0.2, -0.15) is 13.2 Å². The minimum absolute atomic E-state index is 0.0706. The molecule has 0 fully saturated rings. The lowest BCUT2D eigenvalue weighted by Gasteiger charge is -2.14. The van der Waals surface area contributed by atoms with Crippen molar-refractivity contribution in [1.82, 2.24) is 9.97 Å². The molecule has 6 heteroatoms. The van der Waals surface area contributed by atoms with Crippen LogP contribution in [0.15, 0.2) is 30.3 Å². The molecule has 1 N–H and O–H groups in total. The van der Waals surface area contributed by atoms with Gasteiger partial charge in [0.05, 0.1) is 11.3 Å². The molecule has 2 rings (SSSR count). The predicted molar refractivity (Wildman–Crippen MR) is 76.0 cm³/mol. The Kier molecular flexibility index (Phi) is 4.45. The molecule has 0 bridgehead atoms. The second kappa shape index (κ2) is 6.11. The Hall–Kier alpha value is -2.11. The van der Waals surface area contributed by atoms with E-state index in [0.29, 0.717) is 24.6 Å². The van der Waals surface area contributed by atoms with Crippen molar-refractivity contribution in [1.29, 1.82) is 0 Å². The molecule has 112 valence electrons. The Morgan fingerprint density at radius 2 is 1.81 bits per heavy atom. The Labute approximate surface area is 121 Å². The van der Waals surface area contributed by atoms with Gasteiger partial charge < -0.3 is 5.32 Å². The molecule has 0 atom stereocenters. The van der Waals surface area contributed by atoms with Crippen LogP contribution < -0.4 is 5.32 Å². The minimum Gasteiger partial charge on any atom is -0.370 e. The van der Waals surface area contributed by atoms with E-state index in [2.05, 4.69) is 15.3 Å². The highest BCUT2D eigenvalue weighted by Crippen LogP contribution is 2.36. The molecule has 0 aliphatic heterocycles. The number of halogens is 3. The fourth-order valence-electron chi connectivity index (χ4n) is 2.02. The van der Waals surface area contributed by atoms with Crippen molar-refractivity contribution in [2.24, 2.45) is 0 Å². The molecule has 1 aromatic carbocycles. The molecule has 0 aliphatic rings. The number of anilines is 1. The van der Waals surface area contributed by atoms with Crippen LogP contribution in [0.2, 0.25) is 0 Å². The van der Waals surface area contributed by atoms with Crippen LogP contribution in [0.4, 0.5) is 19.0 Å². The SMILES string of the molecule is CCNc1cc(-c2ccccc2C(F)(F)F)nc(CC)n1. The molecule has 0 unspecified atom stereocenters. The summed E-state index contributed by atoms with van der Waals surface area (Å²) in [6.07, 6.45) is -3.85. The standard InChI is InChI=1S/C15H16F3N3/c1-3-13-20-12(9-14(21-13)19-4-2)10-7-5-6-8-11(10)15(16,17)18/h5-9H,3-4H2,1-2H3,(H,19,20,21). The fraction of sp³-hybridized carbons (Fsp3) is 0.333. The first kappa shape index (κ1) is 15.3. The Morgan fingerprint density at radius 3 is 2.43 bits per heavy atom. The second-order valence-corrected chi connectivity index (χ2v) is 4.48. The molecule has 3 nitrogen and oxygen atoms in total. The molecule has 1 heterocycles. The number of nitrogens with zero attached hydrogens (tertiary/aromatic N) is 2. The van der Waals surface area contributed by atoms with Crippen molar-refractivity contribution in [3.05, 3.63) is 41.7 Å². The lowest BCUT2D eigenvalue weighted by Crippen LogP contribution is -2.09. The summed E-state index contributed by atoms with van der Waals surface area (Å²) >= 11 is 0. The van der Waals surface area contributed by atoms with Crippen LogP contribution >= 0.6 is 0 Å². The average Bonchev–Trinajstić information content (AvgIpc) is 2.46. The van der Waals surface area contributed by atoms with Gasteiger partial charge in [-0.15, -0.1) is 0 Å². The van der Waals surface area contributed by atoms with Gasteiger partial charge in [-0.05, 0) is 13.0 Å². The molecule has 0 saturated carbocycles. The van der Waals surface area contributed by atoms with E-state index in [9.17, 15) is 13.2 Å². The Balaban J connectivity index is 2.59. The topological polar surface area (TPSA) is 37.8 Å². The molecule has 0 amide bonds. The van der Waals surface area contributed by atoms with Crippen LogP contribution in [0.5, 0.6) is 0 Å². The minimum atomic E-state index is -4.41. The summed E-state index contributed by atoms with van der Waals surface area (Å²) in [4.78, 5) is 8.48. The van der Waals surface area contributed by atoms with Gasteiger partial charge in [0.15, 0.2) is 0 Å². The molecule has 2 aromatic rings. The quantitative estimate of drug-likeness (QED) is 0.920. The normalized spacial score (nSPS) is 11.5. The third-order valence-corrected chi connectivity index (χ3v) is 2.95. The number of hydrogen-bond donors (Lipinski definition) is 1. The van der Waals surface area contributed by atoms with Crippen LogP contribution in [0.1, 0.15) is 25.2 Å². The molecule has 21 heavy (non-hydrogen) atoms. The molecule has 1 aromatic heterocycles. The Morgan fingerprint density at radius 1 is 1.10 bits per heavy atom. The van der Waals surface area contributed by atoms with Gasteiger partial charge in [-0.25, -0.2) is 9.97 Å². The van der Waals surface area contributed by atoms with Gasteiger partial charge in [0, 0.05) is 24.6 Å². The monoisotopic (exact) mass is 295 g/mol. The number of hydrogen-bond acceptors (Lipinski definition) is 3. The van der Waals surface area contributed by atoms with E-state index in [4.69, 9.17) is 0 Å². The molecular formula is C15H16F3N3. The molecule has 0 aliphatic carbocycles. The van der Waals surface area contributed by atoms with Gasteiger partial charge in [0.25, 0.3) is 0 Å². The van der Waals surface area contributed by atoms with Gasteiger partial charge in [0.2, 0.25) is 0 Å². The van der Waals surface area contributed by atoms with Crippen molar-refractivity contribution >= 4 is 5.82 Å². The third kappa shape index (κ3) is 3.51. The fourth-order valence-corrected chi connectivity index (χ4v) is 2.02. The van der Waals surface area contributed by atoms with Crippen LogP contribution in [-0.4, -0.2) is 16.5 Å². The van der Waals surface area contributed by atoms with E-state index in [-0.39, 0.29) is 11.3 Å². The van der Waals surface area contributed by atoms with E-state index in [1.807, 2.05) is 13.8 Å². The lowest BCUT2D eigenvalue weighted by atomic mass is 10.0. The number of aryl methyl sites for hydroxylation is 1. The zero-order valence-electron chi connectivity index (χ0n) is 11.8. The van der Waals surface area contributed by atoms with E-state index in [0.717, 1.165) is 6.07 Å². The van der Waals surface area contributed by atoms with E-state index < -0.39 is 11.7 Å². The molecule has 0 saturated heterocycles. The number of benzene rings is 1. The molecule has 0 radical (unpaired) electrons. The van der Waals surface area contributed by atoms with E-state index in [1.165, 1.54) is 12.1 Å². The smallest absolute Gasteiger partial charge is 0.370 e. The van der Waals surface area contributed by atoms with Crippen molar-refractivity contribution in [3.63, 3.8) is 0 Å². The van der Waals surface area contributed by atoms with Crippen molar-refractivity contribution in [3.8, 4) is 11.3 Å². The summed E-state index contributed by atoms with van der Waals surface area (Å²) < 4.78 is 39.3. The summed E-state index contributed by atoms with van der Waals surface area (Å²) in [5, 5.41) is 3.02. The van der Waals surface area contributed by atoms with Gasteiger partial charge in [-0.3, -0.25) is 0 Å². The van der Waals surface area contributed by atoms with Crippen LogP contribution in [0, 0.1) is 0 Å². The molecular weight excluding hydrogens is 279 g/mol. The summed E-state index contributed by atoms with van der Waals surface area (Å²) in [6.45, 7) is 4.40. The summed E-state index contributed by atoms with van der Waals surface area (Å²) in [5.74, 6) is 1.05. The van der Waals surface area contributed by atoms with Gasteiger partial charge in [0.1, 0.15) is 11.6 Å². The average molecular weight is 295 g/mol. The summed E-state index contributed by atoms with van der Waals surface area (Å²) in [7, 11) is 0. The van der Waals surface area contributed by atoms with Gasteiger partial charge >= 0.3 is 6.18 Å². The highest BCUT2D eigenvalue weighted by molar-refractivity contribution is 5.67. The zero-order valence-corrected chi connectivity index (χ0v) is 11.8. The number of aromatic nitrogens is 2. The number of alkyl halides is 3. The van der Waals surface area contributed by atoms with Crippen molar-refractivity contribution < 1.29 is 13.2 Å². The zero-order chi connectivity index (χ0) is 15.5. The van der Waals surface area contributed by atoms with E-state index >= 15 is 0 Å².